The highest BCUT2D eigenvalue weighted by Gasteiger charge is 2.24. The normalized spacial score (nSPS) is 17.5. The summed E-state index contributed by atoms with van der Waals surface area (Å²) in [4.78, 5) is 11.2. The Morgan fingerprint density at radius 3 is 2.90 bits per heavy atom. The van der Waals surface area contributed by atoms with Gasteiger partial charge >= 0.3 is 0 Å². The zero-order chi connectivity index (χ0) is 14.8. The first-order chi connectivity index (χ1) is 10.2. The first kappa shape index (κ1) is 14.2. The van der Waals surface area contributed by atoms with Crippen molar-refractivity contribution in [3.63, 3.8) is 0 Å². The second-order valence-electron chi connectivity index (χ2n) is 5.29. The number of nitrogens with zero attached hydrogens (tertiary/aromatic N) is 3. The van der Waals surface area contributed by atoms with Crippen LogP contribution < -0.4 is 16.2 Å². The zero-order valence-electron chi connectivity index (χ0n) is 12.2. The molecule has 0 fully saturated rings. The molecule has 0 radical (unpaired) electrons. The Hall–Kier alpha value is -1.79. The van der Waals surface area contributed by atoms with E-state index in [2.05, 4.69) is 51.5 Å². The lowest BCUT2D eigenvalue weighted by Crippen LogP contribution is -2.31. The predicted octanol–water partition coefficient (Wildman–Crippen LogP) is 2.81. The molecule has 3 N–H and O–H groups in total. The van der Waals surface area contributed by atoms with Crippen LogP contribution >= 0.6 is 11.8 Å². The molecule has 6 heteroatoms. The highest BCUT2D eigenvalue weighted by Crippen LogP contribution is 2.35. The van der Waals surface area contributed by atoms with Gasteiger partial charge in [0, 0.05) is 18.3 Å². The molecule has 1 unspecified atom stereocenters. The summed E-state index contributed by atoms with van der Waals surface area (Å²) in [5.74, 6) is 7.64. The number of aromatic nitrogens is 2. The van der Waals surface area contributed by atoms with E-state index in [4.69, 9.17) is 5.84 Å². The SMILES string of the molecule is CSc1nc(NN)cc(N2CC(C)Cc3ccccc32)n1. The lowest BCUT2D eigenvalue weighted by atomic mass is 9.94. The average molecular weight is 301 g/mol. The third kappa shape index (κ3) is 2.82. The number of nitrogens with one attached hydrogen (secondary N) is 1. The minimum absolute atomic E-state index is 0.585. The number of hydrogen-bond donors (Lipinski definition) is 2. The van der Waals surface area contributed by atoms with Crippen LogP contribution in [-0.4, -0.2) is 22.8 Å². The van der Waals surface area contributed by atoms with Crippen LogP contribution in [0.4, 0.5) is 17.3 Å². The second-order valence-corrected chi connectivity index (χ2v) is 6.06. The number of para-hydroxylation sites is 1. The van der Waals surface area contributed by atoms with Crippen molar-refractivity contribution in [1.29, 1.82) is 0 Å². The average Bonchev–Trinajstić information content (AvgIpc) is 2.53. The Kier molecular flexibility index (Phi) is 3.98. The molecule has 21 heavy (non-hydrogen) atoms. The number of nitrogen functional groups attached to an aromatic ring is 1. The van der Waals surface area contributed by atoms with Crippen LogP contribution in [0.5, 0.6) is 0 Å². The lowest BCUT2D eigenvalue weighted by molar-refractivity contribution is 0.559. The molecular weight excluding hydrogens is 282 g/mol. The molecule has 2 aromatic rings. The van der Waals surface area contributed by atoms with Gasteiger partial charge < -0.3 is 10.3 Å². The van der Waals surface area contributed by atoms with Crippen molar-refractivity contribution < 1.29 is 0 Å². The Bertz CT molecular complexity index is 623. The molecule has 0 aliphatic carbocycles. The molecule has 110 valence electrons. The van der Waals surface area contributed by atoms with Crippen LogP contribution in [0.15, 0.2) is 35.5 Å². The molecule has 3 rings (SSSR count). The van der Waals surface area contributed by atoms with Crippen LogP contribution in [-0.2, 0) is 6.42 Å². The van der Waals surface area contributed by atoms with Gasteiger partial charge in [0.15, 0.2) is 5.16 Å². The zero-order valence-corrected chi connectivity index (χ0v) is 13.0. The van der Waals surface area contributed by atoms with Crippen molar-refractivity contribution in [2.45, 2.75) is 18.5 Å². The topological polar surface area (TPSA) is 67.1 Å². The predicted molar refractivity (Wildman–Crippen MR) is 87.9 cm³/mol. The van der Waals surface area contributed by atoms with E-state index >= 15 is 0 Å². The third-order valence-corrected chi connectivity index (χ3v) is 4.19. The Morgan fingerprint density at radius 2 is 2.14 bits per heavy atom. The maximum atomic E-state index is 5.53. The summed E-state index contributed by atoms with van der Waals surface area (Å²) >= 11 is 1.51. The van der Waals surface area contributed by atoms with E-state index in [-0.39, 0.29) is 0 Å². The third-order valence-electron chi connectivity index (χ3n) is 3.64. The van der Waals surface area contributed by atoms with Crippen molar-refractivity contribution in [1.82, 2.24) is 9.97 Å². The van der Waals surface area contributed by atoms with Crippen molar-refractivity contribution in [3.8, 4) is 0 Å². The first-order valence-corrected chi connectivity index (χ1v) is 8.19. The Balaban J connectivity index is 2.08. The summed E-state index contributed by atoms with van der Waals surface area (Å²) in [6.07, 6.45) is 3.07. The minimum Gasteiger partial charge on any atom is -0.326 e. The summed E-state index contributed by atoms with van der Waals surface area (Å²) in [5, 5.41) is 0.719. The molecule has 1 aromatic carbocycles. The van der Waals surface area contributed by atoms with Crippen LogP contribution in [0.25, 0.3) is 0 Å². The van der Waals surface area contributed by atoms with Gasteiger partial charge in [-0.1, -0.05) is 36.9 Å². The minimum atomic E-state index is 0.585. The summed E-state index contributed by atoms with van der Waals surface area (Å²) in [6.45, 7) is 3.22. The monoisotopic (exact) mass is 301 g/mol. The first-order valence-electron chi connectivity index (χ1n) is 6.96. The lowest BCUT2D eigenvalue weighted by Gasteiger charge is -2.34. The van der Waals surface area contributed by atoms with E-state index in [1.165, 1.54) is 23.0 Å². The number of rotatable bonds is 3. The Morgan fingerprint density at radius 1 is 1.33 bits per heavy atom. The summed E-state index contributed by atoms with van der Waals surface area (Å²) < 4.78 is 0. The molecule has 0 amide bonds. The van der Waals surface area contributed by atoms with Gasteiger partial charge in [-0.05, 0) is 30.2 Å². The quantitative estimate of drug-likeness (QED) is 0.393. The van der Waals surface area contributed by atoms with Crippen molar-refractivity contribution in [2.75, 3.05) is 23.1 Å². The molecule has 0 spiro atoms. The fourth-order valence-corrected chi connectivity index (χ4v) is 3.10. The van der Waals surface area contributed by atoms with Gasteiger partial charge in [0.2, 0.25) is 0 Å². The Labute approximate surface area is 128 Å². The maximum absolute atomic E-state index is 5.53. The molecule has 0 saturated heterocycles. The number of hydrazine groups is 1. The van der Waals surface area contributed by atoms with E-state index < -0.39 is 0 Å². The molecular formula is C15H19N5S. The van der Waals surface area contributed by atoms with Gasteiger partial charge in [0.05, 0.1) is 0 Å². The van der Waals surface area contributed by atoms with Crippen LogP contribution in [0.1, 0.15) is 12.5 Å². The molecule has 5 nitrogen and oxygen atoms in total. The fraction of sp³-hybridized carbons (Fsp3) is 0.333. The van der Waals surface area contributed by atoms with Gasteiger partial charge in [-0.15, -0.1) is 0 Å². The molecule has 0 bridgehead atoms. The van der Waals surface area contributed by atoms with Gasteiger partial charge in [0.25, 0.3) is 0 Å². The second kappa shape index (κ2) is 5.91. The standard InChI is InChI=1S/C15H19N5S/c1-10-7-11-5-3-4-6-12(11)20(9-10)14-8-13(19-16)17-15(18-14)21-2/h3-6,8,10H,7,9,16H2,1-2H3,(H,17,18,19). The number of fused-ring (bicyclic) bond motifs is 1. The van der Waals surface area contributed by atoms with Crippen LogP contribution in [0.2, 0.25) is 0 Å². The number of thioether (sulfide) groups is 1. The van der Waals surface area contributed by atoms with Crippen LogP contribution in [0.3, 0.4) is 0 Å². The summed E-state index contributed by atoms with van der Waals surface area (Å²) in [6, 6.07) is 10.4. The number of benzene rings is 1. The highest BCUT2D eigenvalue weighted by atomic mass is 32.2. The van der Waals surface area contributed by atoms with E-state index in [0.29, 0.717) is 11.7 Å². The van der Waals surface area contributed by atoms with Crippen molar-refractivity contribution in [2.24, 2.45) is 11.8 Å². The molecule has 0 saturated carbocycles. The van der Waals surface area contributed by atoms with Crippen molar-refractivity contribution >= 4 is 29.1 Å². The molecule has 1 aliphatic heterocycles. The van der Waals surface area contributed by atoms with Gasteiger partial charge in [-0.2, -0.15) is 0 Å². The highest BCUT2D eigenvalue weighted by molar-refractivity contribution is 7.98. The smallest absolute Gasteiger partial charge is 0.191 e. The van der Waals surface area contributed by atoms with Crippen LogP contribution in [0, 0.1) is 5.92 Å². The molecule has 1 aromatic heterocycles. The molecule has 1 aliphatic rings. The van der Waals surface area contributed by atoms with Crippen molar-refractivity contribution in [3.05, 3.63) is 35.9 Å². The van der Waals surface area contributed by atoms with E-state index in [0.717, 1.165) is 23.9 Å². The van der Waals surface area contributed by atoms with Gasteiger partial charge in [0.1, 0.15) is 11.6 Å². The fourth-order valence-electron chi connectivity index (χ4n) is 2.73. The van der Waals surface area contributed by atoms with E-state index in [1.807, 2.05) is 12.3 Å². The van der Waals surface area contributed by atoms with E-state index in [1.54, 1.807) is 0 Å². The maximum Gasteiger partial charge on any atom is 0.191 e. The summed E-state index contributed by atoms with van der Waals surface area (Å²) in [5.41, 5.74) is 5.22. The number of hydrogen-bond acceptors (Lipinski definition) is 6. The van der Waals surface area contributed by atoms with E-state index in [9.17, 15) is 0 Å². The molecule has 1 atom stereocenters. The number of nitrogens with two attached hydrogens (primary N) is 1. The van der Waals surface area contributed by atoms with Gasteiger partial charge in [-0.25, -0.2) is 15.8 Å². The number of anilines is 3. The summed E-state index contributed by atoms with van der Waals surface area (Å²) in [7, 11) is 0. The van der Waals surface area contributed by atoms with Gasteiger partial charge in [-0.3, -0.25) is 0 Å². The molecule has 2 heterocycles. The largest absolute Gasteiger partial charge is 0.326 e.